The molecule has 7 heteroatoms. The lowest BCUT2D eigenvalue weighted by molar-refractivity contribution is 0.104. The second kappa shape index (κ2) is 9.48. The molecule has 0 fully saturated rings. The molecule has 4 aromatic rings. The Bertz CT molecular complexity index is 1200. The lowest BCUT2D eigenvalue weighted by atomic mass is 10.1. The first-order valence-corrected chi connectivity index (χ1v) is 10.4. The van der Waals surface area contributed by atoms with Crippen LogP contribution < -0.4 is 4.74 Å². The molecule has 4 nitrogen and oxygen atoms in total. The van der Waals surface area contributed by atoms with Crippen LogP contribution in [0.4, 0.5) is 0 Å². The fourth-order valence-corrected chi connectivity index (χ4v) is 3.86. The van der Waals surface area contributed by atoms with Gasteiger partial charge in [-0.05, 0) is 72.8 Å². The molecule has 0 saturated carbocycles. The van der Waals surface area contributed by atoms with Crippen molar-refractivity contribution in [1.29, 1.82) is 0 Å². The van der Waals surface area contributed by atoms with E-state index in [2.05, 4.69) is 0 Å². The van der Waals surface area contributed by atoms with E-state index >= 15 is 0 Å². The molecule has 0 unspecified atom stereocenters. The summed E-state index contributed by atoms with van der Waals surface area (Å²) in [5.74, 6) is 1.31. The second-order valence-electron chi connectivity index (χ2n) is 6.63. The highest BCUT2D eigenvalue weighted by Crippen LogP contribution is 2.36. The molecule has 0 amide bonds. The maximum atomic E-state index is 12.4. The second-order valence-corrected chi connectivity index (χ2v) is 7.88. The quantitative estimate of drug-likeness (QED) is 0.206. The number of rotatable bonds is 7. The van der Waals surface area contributed by atoms with Crippen molar-refractivity contribution in [3.05, 3.63) is 111 Å². The van der Waals surface area contributed by atoms with E-state index in [9.17, 15) is 4.79 Å². The van der Waals surface area contributed by atoms with Crippen molar-refractivity contribution in [3.63, 3.8) is 0 Å². The first-order chi connectivity index (χ1) is 15.0. The summed E-state index contributed by atoms with van der Waals surface area (Å²) < 4.78 is 13.3. The standard InChI is InChI=1S/C24H16Cl3NO3/c25-17-13-21(26)24(22(27)14-17)30-15-20-8-7-19(31-20)9-10-23(29)16-3-5-18(6-4-16)28-11-1-2-12-28/h1-14H,15H2/b10-9+. The predicted molar refractivity (Wildman–Crippen MR) is 124 cm³/mol. The van der Waals surface area contributed by atoms with Crippen LogP contribution in [0.3, 0.4) is 0 Å². The minimum atomic E-state index is -0.118. The van der Waals surface area contributed by atoms with Gasteiger partial charge in [0, 0.05) is 28.7 Å². The Hall–Kier alpha value is -2.92. The molecule has 2 aromatic carbocycles. The van der Waals surface area contributed by atoms with Crippen molar-refractivity contribution in [3.8, 4) is 11.4 Å². The van der Waals surface area contributed by atoms with Crippen molar-refractivity contribution < 1.29 is 13.9 Å². The first-order valence-electron chi connectivity index (χ1n) is 9.31. The zero-order chi connectivity index (χ0) is 21.8. The Morgan fingerprint density at radius 1 is 0.968 bits per heavy atom. The summed E-state index contributed by atoms with van der Waals surface area (Å²) in [4.78, 5) is 12.4. The number of aromatic nitrogens is 1. The summed E-state index contributed by atoms with van der Waals surface area (Å²) in [6.45, 7) is 0.129. The predicted octanol–water partition coefficient (Wildman–Crippen LogP) is 7.51. The van der Waals surface area contributed by atoms with E-state index in [0.29, 0.717) is 37.9 Å². The topological polar surface area (TPSA) is 44.4 Å². The van der Waals surface area contributed by atoms with E-state index in [1.165, 1.54) is 6.08 Å². The molecule has 4 rings (SSSR count). The van der Waals surface area contributed by atoms with E-state index in [4.69, 9.17) is 44.0 Å². The average molecular weight is 473 g/mol. The molecule has 0 N–H and O–H groups in total. The highest BCUT2D eigenvalue weighted by atomic mass is 35.5. The van der Waals surface area contributed by atoms with Crippen LogP contribution in [-0.2, 0) is 6.61 Å². The maximum Gasteiger partial charge on any atom is 0.185 e. The van der Waals surface area contributed by atoms with Gasteiger partial charge in [0.25, 0.3) is 0 Å². The number of allylic oxidation sites excluding steroid dienone is 1. The van der Waals surface area contributed by atoms with Crippen molar-refractivity contribution in [1.82, 2.24) is 4.57 Å². The van der Waals surface area contributed by atoms with E-state index < -0.39 is 0 Å². The molecule has 2 heterocycles. The number of hydrogen-bond acceptors (Lipinski definition) is 3. The molecule has 2 aromatic heterocycles. The molecule has 0 spiro atoms. The van der Waals surface area contributed by atoms with Gasteiger partial charge in [-0.15, -0.1) is 0 Å². The van der Waals surface area contributed by atoms with Gasteiger partial charge in [-0.25, -0.2) is 0 Å². The van der Waals surface area contributed by atoms with Crippen LogP contribution in [0.5, 0.6) is 5.75 Å². The summed E-state index contributed by atoms with van der Waals surface area (Å²) >= 11 is 18.1. The monoisotopic (exact) mass is 471 g/mol. The molecule has 0 aliphatic rings. The van der Waals surface area contributed by atoms with Gasteiger partial charge in [0.05, 0.1) is 10.0 Å². The van der Waals surface area contributed by atoms with E-state index in [-0.39, 0.29) is 12.4 Å². The zero-order valence-electron chi connectivity index (χ0n) is 16.1. The number of ether oxygens (including phenoxy) is 1. The lowest BCUT2D eigenvalue weighted by Gasteiger charge is -2.08. The number of nitrogens with zero attached hydrogens (tertiary/aromatic N) is 1. The highest BCUT2D eigenvalue weighted by molar-refractivity contribution is 6.40. The molecular formula is C24H16Cl3NO3. The van der Waals surface area contributed by atoms with Crippen LogP contribution in [0.2, 0.25) is 15.1 Å². The molecule has 0 bridgehead atoms. The van der Waals surface area contributed by atoms with Crippen molar-refractivity contribution >= 4 is 46.7 Å². The van der Waals surface area contributed by atoms with Gasteiger partial charge in [0.15, 0.2) is 11.5 Å². The molecule has 156 valence electrons. The molecule has 0 saturated heterocycles. The number of carbonyl (C=O) groups excluding carboxylic acids is 1. The number of carbonyl (C=O) groups is 1. The smallest absolute Gasteiger partial charge is 0.185 e. The minimum absolute atomic E-state index is 0.118. The van der Waals surface area contributed by atoms with Crippen LogP contribution in [0.15, 0.2) is 83.6 Å². The number of benzene rings is 2. The van der Waals surface area contributed by atoms with Crippen molar-refractivity contribution in [2.75, 3.05) is 0 Å². The van der Waals surface area contributed by atoms with Crippen LogP contribution in [-0.4, -0.2) is 10.4 Å². The summed E-state index contributed by atoms with van der Waals surface area (Å²) in [6, 6.07) is 17.9. The average Bonchev–Trinajstić information content (AvgIpc) is 3.44. The highest BCUT2D eigenvalue weighted by Gasteiger charge is 2.11. The first kappa shape index (κ1) is 21.3. The third-order valence-electron chi connectivity index (χ3n) is 4.46. The van der Waals surface area contributed by atoms with Crippen molar-refractivity contribution in [2.45, 2.75) is 6.61 Å². The third-order valence-corrected chi connectivity index (χ3v) is 5.24. The fraction of sp³-hybridized carbons (Fsp3) is 0.0417. The summed E-state index contributed by atoms with van der Waals surface area (Å²) in [6.07, 6.45) is 6.99. The zero-order valence-corrected chi connectivity index (χ0v) is 18.4. The molecule has 0 aliphatic carbocycles. The molecule has 0 aliphatic heterocycles. The van der Waals surface area contributed by atoms with Crippen LogP contribution >= 0.6 is 34.8 Å². The van der Waals surface area contributed by atoms with Gasteiger partial charge >= 0.3 is 0 Å². The lowest BCUT2D eigenvalue weighted by Crippen LogP contribution is -1.96. The third kappa shape index (κ3) is 5.23. The maximum absolute atomic E-state index is 12.4. The van der Waals surface area contributed by atoms with Gasteiger partial charge in [-0.1, -0.05) is 34.8 Å². The van der Waals surface area contributed by atoms with E-state index in [0.717, 1.165) is 5.69 Å². The van der Waals surface area contributed by atoms with Gasteiger partial charge in [0.2, 0.25) is 0 Å². The SMILES string of the molecule is O=C(/C=C/c1ccc(COc2c(Cl)cc(Cl)cc2Cl)o1)c1ccc(-n2cccc2)cc1. The van der Waals surface area contributed by atoms with Crippen molar-refractivity contribution in [2.24, 2.45) is 0 Å². The summed E-state index contributed by atoms with van der Waals surface area (Å²) in [5, 5.41) is 1.06. The Morgan fingerprint density at radius 3 is 2.32 bits per heavy atom. The summed E-state index contributed by atoms with van der Waals surface area (Å²) in [7, 11) is 0. The number of furan rings is 1. The van der Waals surface area contributed by atoms with Gasteiger partial charge in [-0.2, -0.15) is 0 Å². The van der Waals surface area contributed by atoms with Crippen LogP contribution in [0.25, 0.3) is 11.8 Å². The van der Waals surface area contributed by atoms with E-state index in [1.54, 1.807) is 42.5 Å². The molecular weight excluding hydrogens is 457 g/mol. The molecule has 0 atom stereocenters. The van der Waals surface area contributed by atoms with Crippen LogP contribution in [0, 0.1) is 0 Å². The number of hydrogen-bond donors (Lipinski definition) is 0. The number of ketones is 1. The van der Waals surface area contributed by atoms with Gasteiger partial charge in [0.1, 0.15) is 18.1 Å². The largest absolute Gasteiger partial charge is 0.483 e. The minimum Gasteiger partial charge on any atom is -0.483 e. The van der Waals surface area contributed by atoms with Gasteiger partial charge < -0.3 is 13.7 Å². The Labute approximate surface area is 194 Å². The van der Waals surface area contributed by atoms with Gasteiger partial charge in [-0.3, -0.25) is 4.79 Å². The summed E-state index contributed by atoms with van der Waals surface area (Å²) in [5.41, 5.74) is 1.58. The Balaban J connectivity index is 1.37. The molecule has 0 radical (unpaired) electrons. The fourth-order valence-electron chi connectivity index (χ4n) is 2.93. The normalized spacial score (nSPS) is 11.2. The van der Waals surface area contributed by atoms with Crippen LogP contribution in [0.1, 0.15) is 21.9 Å². The van der Waals surface area contributed by atoms with E-state index in [1.807, 2.05) is 41.2 Å². The Morgan fingerprint density at radius 2 is 1.65 bits per heavy atom. The molecule has 31 heavy (non-hydrogen) atoms. The number of halogens is 3. The Kier molecular flexibility index (Phi) is 6.52.